The number of carbonyl (C=O) groups is 1. The molecule has 2 nitrogen and oxygen atoms in total. The minimum absolute atomic E-state index is 0.128. The molecule has 1 aromatic rings. The summed E-state index contributed by atoms with van der Waals surface area (Å²) in [5, 5.41) is 8.83. The first kappa shape index (κ1) is 10.6. The molecule has 0 aliphatic rings. The van der Waals surface area contributed by atoms with E-state index in [2.05, 4.69) is 0 Å². The smallest absolute Gasteiger partial charge is 0.171 e. The molecule has 0 aliphatic heterocycles. The Bertz CT molecular complexity index is 337. The first-order valence-electron chi connectivity index (χ1n) is 3.87. The van der Waals surface area contributed by atoms with E-state index in [-0.39, 0.29) is 12.8 Å². The van der Waals surface area contributed by atoms with Gasteiger partial charge in [0.1, 0.15) is 6.29 Å². The summed E-state index contributed by atoms with van der Waals surface area (Å²) in [4.78, 5) is 9.97. The zero-order chi connectivity index (χ0) is 10.7. The Kier molecular flexibility index (Phi) is 3.11. The molecule has 0 radical (unpaired) electrons. The number of phenols is 1. The van der Waals surface area contributed by atoms with Crippen LogP contribution in [-0.2, 0) is 11.2 Å². The average molecular weight is 204 g/mol. The molecular weight excluding hydrogens is 197 g/mol. The van der Waals surface area contributed by atoms with Gasteiger partial charge in [0, 0.05) is 18.1 Å². The van der Waals surface area contributed by atoms with E-state index in [1.165, 1.54) is 0 Å². The molecule has 0 saturated heterocycles. The molecule has 5 heteroatoms. The normalized spacial score (nSPS) is 10.2. The van der Waals surface area contributed by atoms with Gasteiger partial charge >= 0.3 is 0 Å². The molecule has 0 aliphatic carbocycles. The van der Waals surface area contributed by atoms with Gasteiger partial charge in [-0.15, -0.1) is 0 Å². The van der Waals surface area contributed by atoms with E-state index in [4.69, 9.17) is 5.11 Å². The number of aromatic hydroxyl groups is 1. The van der Waals surface area contributed by atoms with Gasteiger partial charge in [-0.2, -0.15) is 0 Å². The maximum Gasteiger partial charge on any atom is 0.171 e. The van der Waals surface area contributed by atoms with Crippen molar-refractivity contribution < 1.29 is 23.1 Å². The lowest BCUT2D eigenvalue weighted by Crippen LogP contribution is -2.00. The zero-order valence-electron chi connectivity index (χ0n) is 7.06. The van der Waals surface area contributed by atoms with E-state index in [0.717, 1.165) is 0 Å². The fraction of sp³-hybridized carbons (Fsp3) is 0.222. The predicted octanol–water partition coefficient (Wildman–Crippen LogP) is 1.94. The van der Waals surface area contributed by atoms with Crippen LogP contribution < -0.4 is 0 Å². The van der Waals surface area contributed by atoms with E-state index in [9.17, 15) is 18.0 Å². The van der Waals surface area contributed by atoms with Crippen molar-refractivity contribution in [2.24, 2.45) is 0 Å². The fourth-order valence-corrected chi connectivity index (χ4v) is 1.06. The average Bonchev–Trinajstić information content (AvgIpc) is 2.15. The lowest BCUT2D eigenvalue weighted by Gasteiger charge is -2.05. The molecule has 0 heterocycles. The molecule has 0 saturated carbocycles. The summed E-state index contributed by atoms with van der Waals surface area (Å²) in [7, 11) is 0. The van der Waals surface area contributed by atoms with Gasteiger partial charge in [0.2, 0.25) is 0 Å². The van der Waals surface area contributed by atoms with Crippen LogP contribution in [0, 0.1) is 17.5 Å². The molecule has 0 atom stereocenters. The van der Waals surface area contributed by atoms with Crippen molar-refractivity contribution in [2.75, 3.05) is 0 Å². The second-order valence-corrected chi connectivity index (χ2v) is 2.69. The molecule has 14 heavy (non-hydrogen) atoms. The van der Waals surface area contributed by atoms with Gasteiger partial charge in [0.25, 0.3) is 0 Å². The van der Waals surface area contributed by atoms with Crippen LogP contribution in [0.4, 0.5) is 13.2 Å². The predicted molar refractivity (Wildman–Crippen MR) is 42.4 cm³/mol. The Hall–Kier alpha value is -1.52. The van der Waals surface area contributed by atoms with E-state index in [1.807, 2.05) is 0 Å². The third-order valence-corrected chi connectivity index (χ3v) is 1.74. The van der Waals surface area contributed by atoms with Gasteiger partial charge in [-0.05, 0) is 6.42 Å². The van der Waals surface area contributed by atoms with Crippen LogP contribution in [0.2, 0.25) is 0 Å². The topological polar surface area (TPSA) is 37.3 Å². The van der Waals surface area contributed by atoms with Gasteiger partial charge < -0.3 is 9.90 Å². The van der Waals surface area contributed by atoms with Gasteiger partial charge in [0.05, 0.1) is 0 Å². The Balaban J connectivity index is 3.17. The number of benzene rings is 1. The maximum absolute atomic E-state index is 13.0. The molecule has 0 spiro atoms. The van der Waals surface area contributed by atoms with E-state index < -0.39 is 28.8 Å². The molecule has 0 bridgehead atoms. The molecule has 1 rings (SSSR count). The van der Waals surface area contributed by atoms with Gasteiger partial charge in [-0.25, -0.2) is 13.2 Å². The Morgan fingerprint density at radius 3 is 2.50 bits per heavy atom. The highest BCUT2D eigenvalue weighted by Crippen LogP contribution is 2.25. The highest BCUT2D eigenvalue weighted by molar-refractivity contribution is 5.50. The summed E-state index contributed by atoms with van der Waals surface area (Å²) in [5.41, 5.74) is -0.602. The summed E-state index contributed by atoms with van der Waals surface area (Å²) in [5.74, 6) is -4.86. The number of phenolic OH excluding ortho intramolecular Hbond substituents is 1. The maximum atomic E-state index is 13.0. The zero-order valence-corrected chi connectivity index (χ0v) is 7.06. The lowest BCUT2D eigenvalue weighted by atomic mass is 10.1. The lowest BCUT2D eigenvalue weighted by molar-refractivity contribution is -0.107. The van der Waals surface area contributed by atoms with Gasteiger partial charge in [-0.3, -0.25) is 0 Å². The molecule has 76 valence electrons. The second kappa shape index (κ2) is 4.13. The van der Waals surface area contributed by atoms with Crippen LogP contribution in [0.15, 0.2) is 6.07 Å². The Labute approximate surface area is 78.0 Å². The van der Waals surface area contributed by atoms with Crippen LogP contribution in [0.5, 0.6) is 5.75 Å². The first-order valence-corrected chi connectivity index (χ1v) is 3.87. The monoisotopic (exact) mass is 204 g/mol. The fourth-order valence-electron chi connectivity index (χ4n) is 1.06. The number of aldehydes is 1. The highest BCUT2D eigenvalue weighted by atomic mass is 19.2. The minimum atomic E-state index is -1.36. The molecule has 0 aromatic heterocycles. The summed E-state index contributed by atoms with van der Waals surface area (Å²) in [6, 6.07) is 0.356. The quantitative estimate of drug-likeness (QED) is 0.603. The summed E-state index contributed by atoms with van der Waals surface area (Å²) in [6.07, 6.45) is 0.0596. The number of hydrogen-bond acceptors (Lipinski definition) is 2. The summed E-state index contributed by atoms with van der Waals surface area (Å²) in [6.45, 7) is 0. The summed E-state index contributed by atoms with van der Waals surface area (Å²) >= 11 is 0. The van der Waals surface area contributed by atoms with Crippen molar-refractivity contribution in [1.82, 2.24) is 0 Å². The Morgan fingerprint density at radius 1 is 1.29 bits per heavy atom. The first-order chi connectivity index (χ1) is 6.57. The van der Waals surface area contributed by atoms with Crippen molar-refractivity contribution in [3.05, 3.63) is 29.1 Å². The van der Waals surface area contributed by atoms with Crippen molar-refractivity contribution in [3.8, 4) is 5.75 Å². The van der Waals surface area contributed by atoms with Crippen molar-refractivity contribution >= 4 is 6.29 Å². The van der Waals surface area contributed by atoms with Crippen LogP contribution in [0.3, 0.4) is 0 Å². The molecular formula is C9H7F3O2. The van der Waals surface area contributed by atoms with Crippen LogP contribution in [-0.4, -0.2) is 11.4 Å². The van der Waals surface area contributed by atoms with E-state index >= 15 is 0 Å². The number of hydrogen-bond donors (Lipinski definition) is 1. The number of carbonyl (C=O) groups excluding carboxylic acids is 1. The standard InChI is InChI=1S/C9H7F3O2/c10-6-4-7(14)9(12)5(8(6)11)2-1-3-13/h3-4,14H,1-2H2. The molecule has 1 N–H and O–H groups in total. The number of halogens is 3. The largest absolute Gasteiger partial charge is 0.505 e. The molecule has 0 fully saturated rings. The van der Waals surface area contributed by atoms with E-state index in [0.29, 0.717) is 12.4 Å². The molecule has 0 amide bonds. The third kappa shape index (κ3) is 1.86. The second-order valence-electron chi connectivity index (χ2n) is 2.69. The minimum Gasteiger partial charge on any atom is -0.505 e. The Morgan fingerprint density at radius 2 is 1.93 bits per heavy atom. The highest BCUT2D eigenvalue weighted by Gasteiger charge is 2.17. The SMILES string of the molecule is O=CCCc1c(F)c(O)cc(F)c1F. The molecule has 1 aromatic carbocycles. The van der Waals surface area contributed by atoms with Gasteiger partial charge in [0.15, 0.2) is 23.2 Å². The summed E-state index contributed by atoms with van der Waals surface area (Å²) < 4.78 is 38.6. The van der Waals surface area contributed by atoms with E-state index in [1.54, 1.807) is 0 Å². The van der Waals surface area contributed by atoms with Crippen LogP contribution >= 0.6 is 0 Å². The molecule has 0 unspecified atom stereocenters. The van der Waals surface area contributed by atoms with Crippen LogP contribution in [0.25, 0.3) is 0 Å². The third-order valence-electron chi connectivity index (χ3n) is 1.74. The van der Waals surface area contributed by atoms with Crippen molar-refractivity contribution in [3.63, 3.8) is 0 Å². The van der Waals surface area contributed by atoms with Gasteiger partial charge in [-0.1, -0.05) is 0 Å². The number of rotatable bonds is 3. The van der Waals surface area contributed by atoms with Crippen molar-refractivity contribution in [1.29, 1.82) is 0 Å². The van der Waals surface area contributed by atoms with Crippen LogP contribution in [0.1, 0.15) is 12.0 Å². The van der Waals surface area contributed by atoms with Crippen molar-refractivity contribution in [2.45, 2.75) is 12.8 Å².